The highest BCUT2D eigenvalue weighted by molar-refractivity contribution is 5.85. The van der Waals surface area contributed by atoms with E-state index in [1.807, 2.05) is 55.5 Å². The molecule has 2 heterocycles. The average Bonchev–Trinajstić information content (AvgIpc) is 2.98. The molecule has 0 aliphatic rings. The minimum atomic E-state index is 0.899. The monoisotopic (exact) mass is 322 g/mol. The van der Waals surface area contributed by atoms with E-state index in [0.29, 0.717) is 0 Å². The smallest absolute Gasteiger partial charge is 0.138 e. The first-order valence-electron chi connectivity index (χ1n) is 8.34. The Morgan fingerprint density at radius 2 is 1.64 bits per heavy atom. The Bertz CT molecular complexity index is 1110. The van der Waals surface area contributed by atoms with Crippen molar-refractivity contribution in [3.63, 3.8) is 0 Å². The molecule has 120 valence electrons. The van der Waals surface area contributed by atoms with Crippen molar-refractivity contribution in [2.24, 2.45) is 0 Å². The van der Waals surface area contributed by atoms with Crippen molar-refractivity contribution in [3.8, 4) is 17.7 Å². The van der Waals surface area contributed by atoms with Crippen LogP contribution in [0.5, 0.6) is 0 Å². The third-order valence-electron chi connectivity index (χ3n) is 4.17. The number of benzene rings is 2. The first-order valence-corrected chi connectivity index (χ1v) is 8.34. The zero-order valence-corrected chi connectivity index (χ0v) is 14.3. The highest BCUT2D eigenvalue weighted by Gasteiger charge is 2.10. The minimum absolute atomic E-state index is 0.899. The van der Waals surface area contributed by atoms with Gasteiger partial charge in [-0.15, -0.1) is 0 Å². The van der Waals surface area contributed by atoms with E-state index < -0.39 is 0 Å². The molecule has 25 heavy (non-hydrogen) atoms. The predicted octanol–water partition coefficient (Wildman–Crippen LogP) is 5.04. The number of hydrogen-bond acceptors (Lipinski definition) is 1. The van der Waals surface area contributed by atoms with Crippen molar-refractivity contribution in [3.05, 3.63) is 95.3 Å². The molecule has 0 aliphatic carbocycles. The molecule has 0 atom stereocenters. The lowest BCUT2D eigenvalue weighted by molar-refractivity contribution is 1.00. The standard InChI is InChI=1S/C23H18N2/c1-17-11-14-22-20(15-17)16-21(13-12-19-8-4-3-5-9-19)25(22)23-10-6-7-18(2)24-23/h3-11,14-16H,1-2H3. The molecule has 0 spiro atoms. The number of aryl methyl sites for hydroxylation is 2. The van der Waals surface area contributed by atoms with E-state index in [1.54, 1.807) is 0 Å². The van der Waals surface area contributed by atoms with Crippen LogP contribution in [0.1, 0.15) is 22.5 Å². The van der Waals surface area contributed by atoms with Crippen LogP contribution in [-0.2, 0) is 0 Å². The largest absolute Gasteiger partial charge is 0.287 e. The van der Waals surface area contributed by atoms with E-state index in [0.717, 1.165) is 28.3 Å². The summed E-state index contributed by atoms with van der Waals surface area (Å²) in [5, 5.41) is 1.18. The molecular formula is C23H18N2. The lowest BCUT2D eigenvalue weighted by atomic mass is 10.2. The van der Waals surface area contributed by atoms with Gasteiger partial charge in [0.15, 0.2) is 0 Å². The fourth-order valence-corrected chi connectivity index (χ4v) is 2.98. The number of nitrogens with zero attached hydrogens (tertiary/aromatic N) is 2. The summed E-state index contributed by atoms with van der Waals surface area (Å²) >= 11 is 0. The molecule has 0 radical (unpaired) electrons. The first kappa shape index (κ1) is 15.2. The molecule has 2 aromatic carbocycles. The zero-order chi connectivity index (χ0) is 17.2. The van der Waals surface area contributed by atoms with Gasteiger partial charge in [-0.1, -0.05) is 41.8 Å². The van der Waals surface area contributed by atoms with Crippen LogP contribution in [0.25, 0.3) is 16.7 Å². The number of rotatable bonds is 1. The molecule has 0 saturated carbocycles. The maximum Gasteiger partial charge on any atom is 0.138 e. The maximum atomic E-state index is 4.70. The Kier molecular flexibility index (Phi) is 3.84. The number of pyridine rings is 1. The molecule has 0 unspecified atom stereocenters. The van der Waals surface area contributed by atoms with E-state index in [-0.39, 0.29) is 0 Å². The van der Waals surface area contributed by atoms with Crippen LogP contribution in [0.4, 0.5) is 0 Å². The summed E-state index contributed by atoms with van der Waals surface area (Å²) in [4.78, 5) is 4.70. The maximum absolute atomic E-state index is 4.70. The van der Waals surface area contributed by atoms with Crippen molar-refractivity contribution in [2.75, 3.05) is 0 Å². The van der Waals surface area contributed by atoms with Crippen molar-refractivity contribution in [1.82, 2.24) is 9.55 Å². The van der Waals surface area contributed by atoms with Crippen LogP contribution >= 0.6 is 0 Å². The van der Waals surface area contributed by atoms with Gasteiger partial charge in [0.25, 0.3) is 0 Å². The first-order chi connectivity index (χ1) is 12.2. The second kappa shape index (κ2) is 6.30. The van der Waals surface area contributed by atoms with E-state index in [9.17, 15) is 0 Å². The zero-order valence-electron chi connectivity index (χ0n) is 14.3. The molecule has 2 heteroatoms. The van der Waals surface area contributed by atoms with Crippen LogP contribution in [0.3, 0.4) is 0 Å². The summed E-state index contributed by atoms with van der Waals surface area (Å²) in [5.41, 5.74) is 5.31. The van der Waals surface area contributed by atoms with Crippen molar-refractivity contribution >= 4 is 10.9 Å². The lowest BCUT2D eigenvalue weighted by Crippen LogP contribution is -2.00. The summed E-state index contributed by atoms with van der Waals surface area (Å²) in [5.74, 6) is 7.49. The third kappa shape index (κ3) is 3.05. The molecule has 0 N–H and O–H groups in total. The molecular weight excluding hydrogens is 304 g/mol. The molecule has 0 fully saturated rings. The summed E-state index contributed by atoms with van der Waals surface area (Å²) in [6, 6.07) is 24.7. The second-order valence-electron chi connectivity index (χ2n) is 6.18. The fourth-order valence-electron chi connectivity index (χ4n) is 2.98. The van der Waals surface area contributed by atoms with Crippen molar-refractivity contribution in [2.45, 2.75) is 13.8 Å². The van der Waals surface area contributed by atoms with Crippen LogP contribution in [-0.4, -0.2) is 9.55 Å². The van der Waals surface area contributed by atoms with Crippen LogP contribution in [0.15, 0.2) is 72.8 Å². The van der Waals surface area contributed by atoms with E-state index in [1.165, 1.54) is 10.9 Å². The molecule has 0 amide bonds. The summed E-state index contributed by atoms with van der Waals surface area (Å²) in [6.45, 7) is 4.12. The van der Waals surface area contributed by atoms with Gasteiger partial charge >= 0.3 is 0 Å². The Labute approximate surface area is 147 Å². The van der Waals surface area contributed by atoms with Crippen LogP contribution < -0.4 is 0 Å². The van der Waals surface area contributed by atoms with Gasteiger partial charge in [-0.25, -0.2) is 4.98 Å². The minimum Gasteiger partial charge on any atom is -0.287 e. The second-order valence-corrected chi connectivity index (χ2v) is 6.18. The predicted molar refractivity (Wildman–Crippen MR) is 103 cm³/mol. The molecule has 4 aromatic rings. The topological polar surface area (TPSA) is 17.8 Å². The molecule has 2 nitrogen and oxygen atoms in total. The Hall–Kier alpha value is -3.31. The molecule has 2 aromatic heterocycles. The van der Waals surface area contributed by atoms with E-state index >= 15 is 0 Å². The quantitative estimate of drug-likeness (QED) is 0.449. The Morgan fingerprint density at radius 1 is 0.800 bits per heavy atom. The fraction of sp³-hybridized carbons (Fsp3) is 0.0870. The van der Waals surface area contributed by atoms with E-state index in [2.05, 4.69) is 47.6 Å². The highest BCUT2D eigenvalue weighted by atomic mass is 15.1. The van der Waals surface area contributed by atoms with Crippen LogP contribution in [0.2, 0.25) is 0 Å². The summed E-state index contributed by atoms with van der Waals surface area (Å²) in [6.07, 6.45) is 0. The SMILES string of the molecule is Cc1ccc2c(c1)cc(C#Cc1ccccc1)n2-c1cccc(C)n1. The molecule has 4 rings (SSSR count). The van der Waals surface area contributed by atoms with Gasteiger partial charge in [0.1, 0.15) is 5.82 Å². The number of fused-ring (bicyclic) bond motifs is 1. The van der Waals surface area contributed by atoms with E-state index in [4.69, 9.17) is 4.98 Å². The van der Waals surface area contributed by atoms with Gasteiger partial charge in [-0.2, -0.15) is 0 Å². The Balaban J connectivity index is 1.94. The van der Waals surface area contributed by atoms with Crippen LogP contribution in [0, 0.1) is 25.7 Å². The van der Waals surface area contributed by atoms with Crippen molar-refractivity contribution < 1.29 is 0 Å². The van der Waals surface area contributed by atoms with Gasteiger partial charge in [0, 0.05) is 16.6 Å². The van der Waals surface area contributed by atoms with Gasteiger partial charge in [0.2, 0.25) is 0 Å². The number of aromatic nitrogens is 2. The molecule has 0 bridgehead atoms. The van der Waals surface area contributed by atoms with Crippen molar-refractivity contribution in [1.29, 1.82) is 0 Å². The summed E-state index contributed by atoms with van der Waals surface area (Å²) < 4.78 is 2.14. The highest BCUT2D eigenvalue weighted by Crippen LogP contribution is 2.24. The lowest BCUT2D eigenvalue weighted by Gasteiger charge is -2.07. The van der Waals surface area contributed by atoms with Gasteiger partial charge < -0.3 is 0 Å². The summed E-state index contributed by atoms with van der Waals surface area (Å²) in [7, 11) is 0. The molecule has 0 aliphatic heterocycles. The average molecular weight is 322 g/mol. The number of hydrogen-bond donors (Lipinski definition) is 0. The van der Waals surface area contributed by atoms with Gasteiger partial charge in [0.05, 0.1) is 11.2 Å². The normalized spacial score (nSPS) is 10.5. The third-order valence-corrected chi connectivity index (χ3v) is 4.17. The molecule has 0 saturated heterocycles. The van der Waals surface area contributed by atoms with Gasteiger partial charge in [-0.05, 0) is 62.2 Å². The Morgan fingerprint density at radius 3 is 2.44 bits per heavy atom. The van der Waals surface area contributed by atoms with Gasteiger partial charge in [-0.3, -0.25) is 4.57 Å².